The Balaban J connectivity index is 1.62. The second kappa shape index (κ2) is 8.93. The molecule has 1 saturated heterocycles. The normalized spacial score (nSPS) is 16.4. The number of rotatable bonds is 7. The molecule has 3 rings (SSSR count). The Morgan fingerprint density at radius 2 is 1.93 bits per heavy atom. The Kier molecular flexibility index (Phi) is 6.36. The van der Waals surface area contributed by atoms with Gasteiger partial charge in [0.25, 0.3) is 0 Å². The second-order valence-electron chi connectivity index (χ2n) is 7.10. The predicted octanol–water partition coefficient (Wildman–Crippen LogP) is 2.03. The highest BCUT2D eigenvalue weighted by Crippen LogP contribution is 2.38. The van der Waals surface area contributed by atoms with Gasteiger partial charge in [-0.25, -0.2) is 0 Å². The minimum atomic E-state index is -0.487. The molecule has 2 heterocycles. The van der Waals surface area contributed by atoms with Crippen LogP contribution in [0.15, 0.2) is 47.1 Å². The Hall–Kier alpha value is -2.80. The summed E-state index contributed by atoms with van der Waals surface area (Å²) in [6.45, 7) is 3.64. The maximum atomic E-state index is 12.2. The van der Waals surface area contributed by atoms with Gasteiger partial charge < -0.3 is 19.8 Å². The molecule has 28 heavy (non-hydrogen) atoms. The number of nitrogens with one attached hydrogen (secondary N) is 2. The van der Waals surface area contributed by atoms with Crippen LogP contribution in [0.25, 0.3) is 0 Å². The molecular formula is C21H27N3O4. The maximum Gasteiger partial charge on any atom is 0.234 e. The first kappa shape index (κ1) is 19.9. The molecular weight excluding hydrogens is 358 g/mol. The van der Waals surface area contributed by atoms with Gasteiger partial charge in [0.2, 0.25) is 11.8 Å². The van der Waals surface area contributed by atoms with Crippen molar-refractivity contribution < 1.29 is 18.7 Å². The lowest BCUT2D eigenvalue weighted by Gasteiger charge is -2.43. The van der Waals surface area contributed by atoms with Gasteiger partial charge in [-0.15, -0.1) is 0 Å². The molecule has 0 bridgehead atoms. The highest BCUT2D eigenvalue weighted by Gasteiger charge is 2.39. The van der Waals surface area contributed by atoms with Crippen LogP contribution in [0.5, 0.6) is 5.75 Å². The van der Waals surface area contributed by atoms with Crippen LogP contribution < -0.4 is 15.4 Å². The highest BCUT2D eigenvalue weighted by molar-refractivity contribution is 5.78. The summed E-state index contributed by atoms with van der Waals surface area (Å²) in [4.78, 5) is 26.2. The van der Waals surface area contributed by atoms with E-state index < -0.39 is 5.54 Å². The van der Waals surface area contributed by atoms with Crippen molar-refractivity contribution in [3.05, 3.63) is 54.0 Å². The molecule has 0 spiro atoms. The molecule has 2 amide bonds. The Bertz CT molecular complexity index is 796. The largest absolute Gasteiger partial charge is 0.496 e. The van der Waals surface area contributed by atoms with Crippen molar-refractivity contribution in [2.45, 2.75) is 31.8 Å². The standard InChI is InChI=1S/C21H27N3O4/c1-16(25)23-21(18-7-3-4-8-19(18)27-2)9-11-24(12-10-21)15-20(26)22-14-17-6-5-13-28-17/h3-8,13H,9-12,14-15H2,1-2H3,(H,22,26)(H,23,25). The fourth-order valence-electron chi connectivity index (χ4n) is 3.79. The molecule has 1 fully saturated rings. The van der Waals surface area contributed by atoms with E-state index in [1.165, 1.54) is 6.92 Å². The molecule has 0 radical (unpaired) electrons. The molecule has 0 saturated carbocycles. The number of ether oxygens (including phenoxy) is 1. The number of carbonyl (C=O) groups excluding carboxylic acids is 2. The van der Waals surface area contributed by atoms with E-state index in [0.717, 1.165) is 17.1 Å². The number of carbonyl (C=O) groups is 2. The lowest BCUT2D eigenvalue weighted by Crippen LogP contribution is -2.54. The van der Waals surface area contributed by atoms with E-state index in [1.54, 1.807) is 19.4 Å². The number of likely N-dealkylation sites (tertiary alicyclic amines) is 1. The topological polar surface area (TPSA) is 83.8 Å². The molecule has 150 valence electrons. The van der Waals surface area contributed by atoms with Crippen LogP contribution in [0.2, 0.25) is 0 Å². The zero-order valence-corrected chi connectivity index (χ0v) is 16.4. The van der Waals surface area contributed by atoms with Crippen LogP contribution in [0.3, 0.4) is 0 Å². The van der Waals surface area contributed by atoms with E-state index in [2.05, 4.69) is 15.5 Å². The molecule has 1 aliphatic heterocycles. The minimum Gasteiger partial charge on any atom is -0.496 e. The molecule has 1 aromatic carbocycles. The number of hydrogen-bond donors (Lipinski definition) is 2. The molecule has 7 nitrogen and oxygen atoms in total. The molecule has 7 heteroatoms. The van der Waals surface area contributed by atoms with Gasteiger partial charge in [-0.05, 0) is 31.0 Å². The molecule has 0 atom stereocenters. The van der Waals surface area contributed by atoms with Gasteiger partial charge in [-0.1, -0.05) is 18.2 Å². The van der Waals surface area contributed by atoms with Gasteiger partial charge in [0.1, 0.15) is 11.5 Å². The summed E-state index contributed by atoms with van der Waals surface area (Å²) < 4.78 is 10.8. The fraction of sp³-hybridized carbons (Fsp3) is 0.429. The number of furan rings is 1. The zero-order valence-electron chi connectivity index (χ0n) is 16.4. The zero-order chi connectivity index (χ0) is 20.0. The average molecular weight is 385 g/mol. The summed E-state index contributed by atoms with van der Waals surface area (Å²) in [6, 6.07) is 11.4. The molecule has 2 aromatic rings. The number of methoxy groups -OCH3 is 1. The number of nitrogens with zero attached hydrogens (tertiary/aromatic N) is 1. The SMILES string of the molecule is COc1ccccc1C1(NC(C)=O)CCN(CC(=O)NCc2ccco2)CC1. The maximum absolute atomic E-state index is 12.2. The van der Waals surface area contributed by atoms with E-state index >= 15 is 0 Å². The third kappa shape index (κ3) is 4.72. The Morgan fingerprint density at radius 3 is 2.57 bits per heavy atom. The summed E-state index contributed by atoms with van der Waals surface area (Å²) in [6.07, 6.45) is 3.00. The van der Waals surface area contributed by atoms with Gasteiger partial charge in [-0.3, -0.25) is 14.5 Å². The molecule has 2 N–H and O–H groups in total. The highest BCUT2D eigenvalue weighted by atomic mass is 16.5. The number of piperidine rings is 1. The van der Waals surface area contributed by atoms with E-state index in [0.29, 0.717) is 39.0 Å². The quantitative estimate of drug-likeness (QED) is 0.762. The number of hydrogen-bond acceptors (Lipinski definition) is 5. The second-order valence-corrected chi connectivity index (χ2v) is 7.10. The monoisotopic (exact) mass is 385 g/mol. The van der Waals surface area contributed by atoms with Crippen LogP contribution in [0, 0.1) is 0 Å². The average Bonchev–Trinajstić information content (AvgIpc) is 3.21. The van der Waals surface area contributed by atoms with Crippen molar-refractivity contribution in [2.24, 2.45) is 0 Å². The van der Waals surface area contributed by atoms with Gasteiger partial charge in [-0.2, -0.15) is 0 Å². The fourth-order valence-corrected chi connectivity index (χ4v) is 3.79. The third-order valence-electron chi connectivity index (χ3n) is 5.15. The van der Waals surface area contributed by atoms with Crippen LogP contribution in [0.1, 0.15) is 31.1 Å². The lowest BCUT2D eigenvalue weighted by molar-refractivity contribution is -0.124. The number of para-hydroxylation sites is 1. The van der Waals surface area contributed by atoms with Crippen molar-refractivity contribution in [3.8, 4) is 5.75 Å². The first-order valence-corrected chi connectivity index (χ1v) is 9.46. The van der Waals surface area contributed by atoms with Gasteiger partial charge >= 0.3 is 0 Å². The van der Waals surface area contributed by atoms with Gasteiger partial charge in [0.15, 0.2) is 0 Å². The summed E-state index contributed by atoms with van der Waals surface area (Å²) >= 11 is 0. The van der Waals surface area contributed by atoms with E-state index in [1.807, 2.05) is 30.3 Å². The first-order chi connectivity index (χ1) is 13.5. The molecule has 1 aromatic heterocycles. The lowest BCUT2D eigenvalue weighted by atomic mass is 9.80. The Morgan fingerprint density at radius 1 is 1.18 bits per heavy atom. The first-order valence-electron chi connectivity index (χ1n) is 9.46. The van der Waals surface area contributed by atoms with E-state index in [-0.39, 0.29) is 11.8 Å². The summed E-state index contributed by atoms with van der Waals surface area (Å²) in [5, 5.41) is 6.02. The van der Waals surface area contributed by atoms with E-state index in [4.69, 9.17) is 9.15 Å². The molecule has 0 unspecified atom stereocenters. The van der Waals surface area contributed by atoms with Crippen molar-refractivity contribution in [1.82, 2.24) is 15.5 Å². The van der Waals surface area contributed by atoms with Crippen molar-refractivity contribution >= 4 is 11.8 Å². The Labute approximate surface area is 165 Å². The molecule has 1 aliphatic rings. The van der Waals surface area contributed by atoms with Crippen molar-refractivity contribution in [3.63, 3.8) is 0 Å². The third-order valence-corrected chi connectivity index (χ3v) is 5.15. The van der Waals surface area contributed by atoms with Crippen LogP contribution in [-0.2, 0) is 21.7 Å². The van der Waals surface area contributed by atoms with Crippen molar-refractivity contribution in [2.75, 3.05) is 26.7 Å². The smallest absolute Gasteiger partial charge is 0.234 e. The van der Waals surface area contributed by atoms with Crippen molar-refractivity contribution in [1.29, 1.82) is 0 Å². The van der Waals surface area contributed by atoms with Crippen LogP contribution in [-0.4, -0.2) is 43.5 Å². The van der Waals surface area contributed by atoms with E-state index in [9.17, 15) is 9.59 Å². The molecule has 0 aliphatic carbocycles. The van der Waals surface area contributed by atoms with Crippen LogP contribution in [0.4, 0.5) is 0 Å². The number of amides is 2. The summed E-state index contributed by atoms with van der Waals surface area (Å²) in [5.41, 5.74) is 0.495. The van der Waals surface area contributed by atoms with Gasteiger partial charge in [0, 0.05) is 25.6 Å². The van der Waals surface area contributed by atoms with Gasteiger partial charge in [0.05, 0.1) is 32.0 Å². The predicted molar refractivity (Wildman–Crippen MR) is 105 cm³/mol. The summed E-state index contributed by atoms with van der Waals surface area (Å²) in [7, 11) is 1.64. The summed E-state index contributed by atoms with van der Waals surface area (Å²) in [5.74, 6) is 1.38. The number of benzene rings is 1. The minimum absolute atomic E-state index is 0.0410. The van der Waals surface area contributed by atoms with Crippen LogP contribution >= 0.6 is 0 Å².